The van der Waals surface area contributed by atoms with Gasteiger partial charge in [-0.25, -0.2) is 8.42 Å². The highest BCUT2D eigenvalue weighted by Gasteiger charge is 2.16. The van der Waals surface area contributed by atoms with Gasteiger partial charge in [-0.2, -0.15) is 0 Å². The van der Waals surface area contributed by atoms with Crippen LogP contribution in [0.15, 0.2) is 83.8 Å². The summed E-state index contributed by atoms with van der Waals surface area (Å²) in [6.45, 7) is 8.43. The first-order valence-electron chi connectivity index (χ1n) is 10.2. The molecule has 0 bridgehead atoms. The van der Waals surface area contributed by atoms with Crippen molar-refractivity contribution in [2.45, 2.75) is 44.0 Å². The first-order valence-corrected chi connectivity index (χ1v) is 11.6. The molecule has 3 rings (SSSR count). The van der Waals surface area contributed by atoms with Gasteiger partial charge in [0.25, 0.3) is 15.9 Å². The number of sulfonamides is 1. The highest BCUT2D eigenvalue weighted by molar-refractivity contribution is 7.92. The molecule has 0 aromatic heterocycles. The molecule has 0 heterocycles. The maximum Gasteiger partial charge on any atom is 0.261 e. The van der Waals surface area contributed by atoms with Crippen LogP contribution in [0.5, 0.6) is 0 Å². The quantitative estimate of drug-likeness (QED) is 0.552. The third-order valence-corrected chi connectivity index (χ3v) is 6.47. The zero-order valence-electron chi connectivity index (χ0n) is 18.2. The fourth-order valence-corrected chi connectivity index (χ4v) is 4.22. The largest absolute Gasteiger partial charge is 0.346 e. The van der Waals surface area contributed by atoms with Gasteiger partial charge in [0.2, 0.25) is 0 Å². The Morgan fingerprint density at radius 1 is 0.839 bits per heavy atom. The van der Waals surface area contributed by atoms with Crippen LogP contribution in [0.25, 0.3) is 0 Å². The molecule has 6 heteroatoms. The summed E-state index contributed by atoms with van der Waals surface area (Å²) in [5, 5.41) is 2.99. The zero-order chi connectivity index (χ0) is 22.6. The van der Waals surface area contributed by atoms with Crippen molar-refractivity contribution in [2.75, 3.05) is 4.72 Å². The molecular weight excluding hydrogens is 408 g/mol. The van der Waals surface area contributed by atoms with Gasteiger partial charge in [-0.15, -0.1) is 0 Å². The van der Waals surface area contributed by atoms with E-state index in [-0.39, 0.29) is 22.3 Å². The van der Waals surface area contributed by atoms with Gasteiger partial charge in [0, 0.05) is 11.3 Å². The Hall–Kier alpha value is -3.12. The minimum Gasteiger partial charge on any atom is -0.346 e. The lowest BCUT2D eigenvalue weighted by Crippen LogP contribution is -2.26. The highest BCUT2D eigenvalue weighted by Crippen LogP contribution is 2.24. The van der Waals surface area contributed by atoms with Crippen LogP contribution in [0.1, 0.15) is 55.2 Å². The van der Waals surface area contributed by atoms with Crippen LogP contribution in [0.2, 0.25) is 0 Å². The van der Waals surface area contributed by atoms with Crippen LogP contribution in [0.3, 0.4) is 0 Å². The van der Waals surface area contributed by atoms with Gasteiger partial charge in [-0.05, 0) is 59.9 Å². The van der Waals surface area contributed by atoms with Gasteiger partial charge >= 0.3 is 0 Å². The Morgan fingerprint density at radius 3 is 1.97 bits per heavy atom. The van der Waals surface area contributed by atoms with Gasteiger partial charge in [-0.1, -0.05) is 63.2 Å². The number of anilines is 1. The lowest BCUT2D eigenvalue weighted by atomic mass is 9.86. The summed E-state index contributed by atoms with van der Waals surface area (Å²) >= 11 is 0. The van der Waals surface area contributed by atoms with E-state index in [9.17, 15) is 13.2 Å². The van der Waals surface area contributed by atoms with Crippen molar-refractivity contribution in [3.63, 3.8) is 0 Å². The maximum atomic E-state index is 12.6. The second-order valence-electron chi connectivity index (χ2n) is 8.56. The molecule has 162 valence electrons. The molecule has 31 heavy (non-hydrogen) atoms. The molecular formula is C25H28N2O3S. The van der Waals surface area contributed by atoms with Crippen molar-refractivity contribution in [3.05, 3.63) is 95.6 Å². The van der Waals surface area contributed by atoms with Crippen molar-refractivity contribution >= 4 is 21.6 Å². The van der Waals surface area contributed by atoms with E-state index >= 15 is 0 Å². The number of hydrogen-bond acceptors (Lipinski definition) is 3. The normalized spacial score (nSPS) is 12.8. The monoisotopic (exact) mass is 436 g/mol. The smallest absolute Gasteiger partial charge is 0.261 e. The number of benzene rings is 3. The average molecular weight is 437 g/mol. The molecule has 0 aliphatic carbocycles. The molecule has 0 aliphatic rings. The maximum absolute atomic E-state index is 12.6. The average Bonchev–Trinajstić information content (AvgIpc) is 2.74. The summed E-state index contributed by atoms with van der Waals surface area (Å²) in [4.78, 5) is 12.8. The summed E-state index contributed by atoms with van der Waals surface area (Å²) < 4.78 is 27.4. The van der Waals surface area contributed by atoms with E-state index in [4.69, 9.17) is 0 Å². The molecule has 1 atom stereocenters. The first kappa shape index (κ1) is 22.6. The second-order valence-corrected chi connectivity index (χ2v) is 10.2. The molecule has 0 fully saturated rings. The molecule has 1 amide bonds. The van der Waals surface area contributed by atoms with Crippen LogP contribution in [0.4, 0.5) is 5.69 Å². The van der Waals surface area contributed by atoms with Crippen molar-refractivity contribution in [2.24, 2.45) is 0 Å². The number of rotatable bonds is 6. The van der Waals surface area contributed by atoms with Crippen LogP contribution in [-0.4, -0.2) is 14.3 Å². The molecule has 0 aliphatic heterocycles. The van der Waals surface area contributed by atoms with Crippen molar-refractivity contribution in [1.82, 2.24) is 5.32 Å². The highest BCUT2D eigenvalue weighted by atomic mass is 32.2. The SMILES string of the molecule is CC(NC(=O)c1ccc(NS(=O)(=O)c2ccccc2)cc1)c1ccc(C(C)(C)C)cc1. The van der Waals surface area contributed by atoms with E-state index in [2.05, 4.69) is 42.9 Å². The molecule has 0 spiro atoms. The minimum absolute atomic E-state index is 0.0782. The Kier molecular flexibility index (Phi) is 6.51. The lowest BCUT2D eigenvalue weighted by molar-refractivity contribution is 0.0940. The van der Waals surface area contributed by atoms with Crippen molar-refractivity contribution in [3.8, 4) is 0 Å². The molecule has 5 nitrogen and oxygen atoms in total. The number of carbonyl (C=O) groups excluding carboxylic acids is 1. The predicted molar refractivity (Wildman–Crippen MR) is 125 cm³/mol. The van der Waals surface area contributed by atoms with Crippen LogP contribution in [-0.2, 0) is 15.4 Å². The Balaban J connectivity index is 1.65. The van der Waals surface area contributed by atoms with Gasteiger partial charge in [0.15, 0.2) is 0 Å². The van der Waals surface area contributed by atoms with E-state index in [0.717, 1.165) is 5.56 Å². The van der Waals surface area contributed by atoms with Crippen LogP contribution in [0, 0.1) is 0 Å². The molecule has 2 N–H and O–H groups in total. The Labute approximate surface area is 184 Å². The second kappa shape index (κ2) is 8.94. The lowest BCUT2D eigenvalue weighted by Gasteiger charge is -2.20. The third-order valence-electron chi connectivity index (χ3n) is 5.08. The summed E-state index contributed by atoms with van der Waals surface area (Å²) in [7, 11) is -3.67. The molecule has 0 saturated carbocycles. The first-order chi connectivity index (χ1) is 14.6. The number of nitrogens with one attached hydrogen (secondary N) is 2. The minimum atomic E-state index is -3.67. The van der Waals surface area contributed by atoms with E-state index < -0.39 is 10.0 Å². The number of hydrogen-bond donors (Lipinski definition) is 2. The van der Waals surface area contributed by atoms with Gasteiger partial charge in [0.05, 0.1) is 10.9 Å². The fourth-order valence-electron chi connectivity index (χ4n) is 3.14. The molecule has 1 unspecified atom stereocenters. The van der Waals surface area contributed by atoms with E-state index in [0.29, 0.717) is 11.3 Å². The van der Waals surface area contributed by atoms with Crippen molar-refractivity contribution < 1.29 is 13.2 Å². The molecule has 3 aromatic rings. The molecule has 0 saturated heterocycles. The summed E-state index contributed by atoms with van der Waals surface area (Å²) in [5.74, 6) is -0.218. The Morgan fingerprint density at radius 2 is 1.42 bits per heavy atom. The zero-order valence-corrected chi connectivity index (χ0v) is 19.0. The standard InChI is InChI=1S/C25H28N2O3S/c1-18(19-10-14-21(15-11-19)25(2,3)4)26-24(28)20-12-16-22(17-13-20)27-31(29,30)23-8-6-5-7-9-23/h5-18,27H,1-4H3,(H,26,28). The molecule has 0 radical (unpaired) electrons. The fraction of sp³-hybridized carbons (Fsp3) is 0.240. The Bertz CT molecular complexity index is 1130. The number of amides is 1. The van der Waals surface area contributed by atoms with E-state index in [1.165, 1.54) is 17.7 Å². The molecule has 3 aromatic carbocycles. The third kappa shape index (κ3) is 5.73. The van der Waals surface area contributed by atoms with Gasteiger partial charge in [-0.3, -0.25) is 9.52 Å². The predicted octanol–water partition coefficient (Wildman–Crippen LogP) is 5.28. The topological polar surface area (TPSA) is 75.3 Å². The summed E-state index contributed by atoms with van der Waals surface area (Å²) in [5.41, 5.74) is 3.19. The van der Waals surface area contributed by atoms with Gasteiger partial charge < -0.3 is 5.32 Å². The van der Waals surface area contributed by atoms with E-state index in [1.54, 1.807) is 42.5 Å². The van der Waals surface area contributed by atoms with E-state index in [1.807, 2.05) is 19.1 Å². The van der Waals surface area contributed by atoms with Crippen LogP contribution < -0.4 is 10.0 Å². The van der Waals surface area contributed by atoms with Gasteiger partial charge in [0.1, 0.15) is 0 Å². The summed E-state index contributed by atoms with van der Waals surface area (Å²) in [6, 6.07) is 22.6. The summed E-state index contributed by atoms with van der Waals surface area (Å²) in [6.07, 6.45) is 0. The van der Waals surface area contributed by atoms with Crippen molar-refractivity contribution in [1.29, 1.82) is 0 Å². The number of carbonyl (C=O) groups is 1. The van der Waals surface area contributed by atoms with Crippen LogP contribution >= 0.6 is 0 Å².